The summed E-state index contributed by atoms with van der Waals surface area (Å²) in [6.45, 7) is 15.6. The Morgan fingerprint density at radius 2 is 0.964 bits per heavy atom. The number of benzene rings is 7. The molecule has 0 amide bonds. The number of para-hydroxylation sites is 2. The molecule has 0 fully saturated rings. The van der Waals surface area contributed by atoms with Crippen molar-refractivity contribution >= 4 is 49.3 Å². The van der Waals surface area contributed by atoms with Crippen LogP contribution >= 0.6 is 0 Å². The number of aromatic nitrogens is 5. The molecule has 3 heterocycles. The van der Waals surface area contributed by atoms with Crippen LogP contribution in [0.25, 0.3) is 93.5 Å². The zero-order valence-electron chi connectivity index (χ0n) is 31.5. The van der Waals surface area contributed by atoms with Gasteiger partial charge in [0.05, 0.1) is 40.0 Å². The fourth-order valence-corrected chi connectivity index (χ4v) is 8.38. The maximum Gasteiger partial charge on any atom is 0.187 e. The summed E-state index contributed by atoms with van der Waals surface area (Å²) in [4.78, 5) is 18.1. The molecule has 0 radical (unpaired) electrons. The lowest BCUT2D eigenvalue weighted by atomic mass is 9.95. The Balaban J connectivity index is 1.28. The van der Waals surface area contributed by atoms with E-state index in [0.29, 0.717) is 23.2 Å². The number of nitrogens with zero attached hydrogens (tertiary/aromatic N) is 6. The highest BCUT2D eigenvalue weighted by molar-refractivity contribution is 6.11. The van der Waals surface area contributed by atoms with Gasteiger partial charge in [0.2, 0.25) is 0 Å². The van der Waals surface area contributed by atoms with Gasteiger partial charge in [-0.2, -0.15) is 0 Å². The third kappa shape index (κ3) is 5.36. The van der Waals surface area contributed by atoms with Gasteiger partial charge in [-0.3, -0.25) is 0 Å². The second-order valence-corrected chi connectivity index (χ2v) is 14.6. The van der Waals surface area contributed by atoms with E-state index in [2.05, 4.69) is 154 Å². The van der Waals surface area contributed by atoms with Crippen molar-refractivity contribution in [2.45, 2.75) is 27.7 Å². The van der Waals surface area contributed by atoms with Crippen LogP contribution in [0.15, 0.2) is 146 Å². The normalized spacial score (nSPS) is 11.6. The Morgan fingerprint density at radius 3 is 1.57 bits per heavy atom. The first-order chi connectivity index (χ1) is 27.3. The summed E-state index contributed by atoms with van der Waals surface area (Å²) in [7, 11) is 0. The summed E-state index contributed by atoms with van der Waals surface area (Å²) < 4.78 is 4.75. The van der Waals surface area contributed by atoms with Gasteiger partial charge in [0.1, 0.15) is 11.6 Å². The Bertz CT molecular complexity index is 3230. The lowest BCUT2D eigenvalue weighted by molar-refractivity contribution is 0.927. The van der Waals surface area contributed by atoms with Gasteiger partial charge in [-0.05, 0) is 99.0 Å². The van der Waals surface area contributed by atoms with Crippen molar-refractivity contribution in [2.75, 3.05) is 0 Å². The van der Waals surface area contributed by atoms with Crippen LogP contribution in [-0.2, 0) is 0 Å². The van der Waals surface area contributed by atoms with E-state index >= 15 is 0 Å². The zero-order chi connectivity index (χ0) is 38.1. The minimum absolute atomic E-state index is 0.623. The maximum atomic E-state index is 7.50. The lowest BCUT2D eigenvalue weighted by Gasteiger charge is -2.19. The maximum absolute atomic E-state index is 7.50. The smallest absolute Gasteiger partial charge is 0.187 e. The van der Waals surface area contributed by atoms with E-state index in [0.717, 1.165) is 61.3 Å². The molecule has 6 heteroatoms. The van der Waals surface area contributed by atoms with Crippen LogP contribution in [0.1, 0.15) is 22.8 Å². The first-order valence-corrected chi connectivity index (χ1v) is 18.8. The van der Waals surface area contributed by atoms with Gasteiger partial charge in [0.25, 0.3) is 0 Å². The molecule has 0 aliphatic carbocycles. The Hall–Kier alpha value is -7.36. The number of rotatable bonds is 5. The lowest BCUT2D eigenvalue weighted by Crippen LogP contribution is -2.04. The summed E-state index contributed by atoms with van der Waals surface area (Å²) in [6.07, 6.45) is 0. The van der Waals surface area contributed by atoms with Crippen LogP contribution in [-0.4, -0.2) is 24.1 Å². The minimum atomic E-state index is 0.623. The van der Waals surface area contributed by atoms with Gasteiger partial charge >= 0.3 is 0 Å². The van der Waals surface area contributed by atoms with Crippen molar-refractivity contribution < 1.29 is 0 Å². The summed E-state index contributed by atoms with van der Waals surface area (Å²) in [6, 6.07) is 51.9. The number of hydrogen-bond acceptors (Lipinski definition) is 3. The van der Waals surface area contributed by atoms with E-state index in [9.17, 15) is 0 Å². The van der Waals surface area contributed by atoms with E-state index < -0.39 is 0 Å². The quantitative estimate of drug-likeness (QED) is 0.166. The van der Waals surface area contributed by atoms with E-state index in [1.165, 1.54) is 32.7 Å². The van der Waals surface area contributed by atoms with Gasteiger partial charge in [0.15, 0.2) is 11.5 Å². The molecule has 10 aromatic rings. The van der Waals surface area contributed by atoms with Crippen LogP contribution in [0.5, 0.6) is 0 Å². The highest BCUT2D eigenvalue weighted by atomic mass is 15.0. The topological polar surface area (TPSA) is 52.9 Å². The van der Waals surface area contributed by atoms with Crippen molar-refractivity contribution in [3.05, 3.63) is 180 Å². The standard InChI is InChI=1S/C50H36N6/c1-30-14-23-46-41(26-30)39-10-6-8-12-44(39)55(46)48-25-19-36(28-43(48)50-53-32(3)52-33(4)54-50)38-22-18-35(34-16-20-37(51-5)21-17-34)29-49(38)56-45-13-9-7-11-40(45)42-27-31(2)15-24-47(42)56/h6-29H,1-4H3. The van der Waals surface area contributed by atoms with Crippen LogP contribution in [0.4, 0.5) is 5.69 Å². The molecule has 56 heavy (non-hydrogen) atoms. The third-order valence-corrected chi connectivity index (χ3v) is 10.9. The van der Waals surface area contributed by atoms with Gasteiger partial charge in [-0.1, -0.05) is 102 Å². The van der Waals surface area contributed by atoms with E-state index in [1.807, 2.05) is 38.1 Å². The number of hydrogen-bond donors (Lipinski definition) is 0. The molecule has 0 atom stereocenters. The molecule has 0 aliphatic rings. The molecule has 0 saturated heterocycles. The highest BCUT2D eigenvalue weighted by Gasteiger charge is 2.21. The second-order valence-electron chi connectivity index (χ2n) is 14.6. The van der Waals surface area contributed by atoms with Gasteiger partial charge in [-0.25, -0.2) is 19.8 Å². The average molecular weight is 721 g/mol. The van der Waals surface area contributed by atoms with Crippen molar-refractivity contribution in [3.8, 4) is 45.0 Å². The monoisotopic (exact) mass is 720 g/mol. The van der Waals surface area contributed by atoms with Crippen molar-refractivity contribution in [1.82, 2.24) is 24.1 Å². The molecule has 0 N–H and O–H groups in total. The molecule has 10 rings (SSSR count). The van der Waals surface area contributed by atoms with Gasteiger partial charge in [0, 0.05) is 32.7 Å². The fourth-order valence-electron chi connectivity index (χ4n) is 8.38. The number of aryl methyl sites for hydroxylation is 4. The predicted octanol–water partition coefficient (Wildman–Crippen LogP) is 12.9. The van der Waals surface area contributed by atoms with Crippen LogP contribution in [0.2, 0.25) is 0 Å². The SMILES string of the molecule is [C-]#[N+]c1ccc(-c2ccc(-c3ccc(-n4c5ccccc5c5cc(C)ccc54)c(-c4nc(C)nc(C)n4)c3)c(-n3c4ccccc4c4cc(C)ccc43)c2)cc1. The number of fused-ring (bicyclic) bond motifs is 6. The van der Waals surface area contributed by atoms with E-state index in [1.54, 1.807) is 0 Å². The zero-order valence-corrected chi connectivity index (χ0v) is 31.5. The third-order valence-electron chi connectivity index (χ3n) is 10.9. The van der Waals surface area contributed by atoms with Crippen LogP contribution in [0.3, 0.4) is 0 Å². The molecular formula is C50H36N6. The Kier molecular flexibility index (Phi) is 7.65. The molecule has 7 aromatic carbocycles. The Morgan fingerprint density at radius 1 is 0.429 bits per heavy atom. The average Bonchev–Trinajstić information content (AvgIpc) is 3.72. The molecular weight excluding hydrogens is 685 g/mol. The second kappa shape index (κ2) is 12.9. The largest absolute Gasteiger partial charge is 0.309 e. The van der Waals surface area contributed by atoms with Gasteiger partial charge in [-0.15, -0.1) is 0 Å². The molecule has 6 nitrogen and oxygen atoms in total. The molecule has 0 unspecified atom stereocenters. The van der Waals surface area contributed by atoms with Crippen LogP contribution in [0, 0.1) is 34.3 Å². The van der Waals surface area contributed by atoms with Crippen molar-refractivity contribution in [2.24, 2.45) is 0 Å². The summed E-state index contributed by atoms with van der Waals surface area (Å²) >= 11 is 0. The minimum Gasteiger partial charge on any atom is -0.309 e. The predicted molar refractivity (Wildman–Crippen MR) is 230 cm³/mol. The van der Waals surface area contributed by atoms with E-state index in [4.69, 9.17) is 16.5 Å². The first-order valence-electron chi connectivity index (χ1n) is 18.8. The summed E-state index contributed by atoms with van der Waals surface area (Å²) in [5.41, 5.74) is 14.8. The summed E-state index contributed by atoms with van der Waals surface area (Å²) in [5, 5.41) is 4.83. The van der Waals surface area contributed by atoms with Gasteiger partial charge < -0.3 is 9.13 Å². The van der Waals surface area contributed by atoms with Crippen LogP contribution < -0.4 is 0 Å². The fraction of sp³-hybridized carbons (Fsp3) is 0.0800. The molecule has 0 saturated carbocycles. The Labute approximate surface area is 324 Å². The molecule has 3 aromatic heterocycles. The molecule has 0 spiro atoms. The summed E-state index contributed by atoms with van der Waals surface area (Å²) in [5.74, 6) is 1.99. The highest BCUT2D eigenvalue weighted by Crippen LogP contribution is 2.42. The molecule has 0 bridgehead atoms. The van der Waals surface area contributed by atoms with E-state index in [-0.39, 0.29) is 0 Å². The van der Waals surface area contributed by atoms with Crippen molar-refractivity contribution in [3.63, 3.8) is 0 Å². The molecule has 266 valence electrons. The first kappa shape index (κ1) is 33.2. The van der Waals surface area contributed by atoms with Crippen molar-refractivity contribution in [1.29, 1.82) is 0 Å². The molecule has 0 aliphatic heterocycles.